The predicted molar refractivity (Wildman–Crippen MR) is 60.5 cm³/mol. The van der Waals surface area contributed by atoms with Crippen LogP contribution >= 0.6 is 11.6 Å². The molecule has 0 bridgehead atoms. The smallest absolute Gasteiger partial charge is 0.324 e. The van der Waals surface area contributed by atoms with Crippen molar-refractivity contribution in [2.75, 3.05) is 25.6 Å². The fourth-order valence-electron chi connectivity index (χ4n) is 1.50. The summed E-state index contributed by atoms with van der Waals surface area (Å²) in [4.78, 5) is 24.4. The van der Waals surface area contributed by atoms with Crippen LogP contribution in [0.2, 0.25) is 0 Å². The number of carbonyl (C=O) groups excluding carboxylic acids is 2. The number of hydrogen-bond donors (Lipinski definition) is 1. The van der Waals surface area contributed by atoms with E-state index in [0.717, 1.165) is 6.42 Å². The normalized spacial score (nSPS) is 20.6. The molecule has 0 saturated carbocycles. The maximum absolute atomic E-state index is 11.6. The van der Waals surface area contributed by atoms with Crippen LogP contribution in [0.3, 0.4) is 0 Å². The fourth-order valence-corrected chi connectivity index (χ4v) is 1.67. The zero-order chi connectivity index (χ0) is 12.0. The summed E-state index contributed by atoms with van der Waals surface area (Å²) in [5.41, 5.74) is 0. The van der Waals surface area contributed by atoms with Crippen LogP contribution in [0.4, 0.5) is 4.79 Å². The van der Waals surface area contributed by atoms with E-state index in [1.807, 2.05) is 6.92 Å². The second-order valence-electron chi connectivity index (χ2n) is 3.64. The number of alkyl halides is 1. The molecule has 92 valence electrons. The van der Waals surface area contributed by atoms with Gasteiger partial charge >= 0.3 is 6.03 Å². The quantitative estimate of drug-likeness (QED) is 0.757. The van der Waals surface area contributed by atoms with E-state index in [9.17, 15) is 9.59 Å². The summed E-state index contributed by atoms with van der Waals surface area (Å²) in [7, 11) is 0. The molecule has 1 fully saturated rings. The molecule has 1 saturated heterocycles. The monoisotopic (exact) mass is 248 g/mol. The zero-order valence-corrected chi connectivity index (χ0v) is 10.1. The molecule has 0 aromatic rings. The highest BCUT2D eigenvalue weighted by Gasteiger charge is 2.23. The van der Waals surface area contributed by atoms with E-state index >= 15 is 0 Å². The molecule has 1 N–H and O–H groups in total. The van der Waals surface area contributed by atoms with E-state index in [1.54, 1.807) is 4.90 Å². The van der Waals surface area contributed by atoms with Gasteiger partial charge in [-0.15, -0.1) is 11.6 Å². The summed E-state index contributed by atoms with van der Waals surface area (Å²) >= 11 is 5.41. The lowest BCUT2D eigenvalue weighted by Gasteiger charge is -2.32. The van der Waals surface area contributed by atoms with Gasteiger partial charge in [-0.1, -0.05) is 6.92 Å². The van der Waals surface area contributed by atoms with Crippen LogP contribution in [-0.4, -0.2) is 48.5 Å². The van der Waals surface area contributed by atoms with Crippen molar-refractivity contribution in [3.8, 4) is 0 Å². The maximum atomic E-state index is 11.6. The third-order valence-corrected chi connectivity index (χ3v) is 2.64. The van der Waals surface area contributed by atoms with Crippen molar-refractivity contribution >= 4 is 23.5 Å². The van der Waals surface area contributed by atoms with Crippen molar-refractivity contribution in [1.82, 2.24) is 10.2 Å². The van der Waals surface area contributed by atoms with E-state index in [-0.39, 0.29) is 30.3 Å². The number of morpholine rings is 1. The number of carbonyl (C=O) groups is 2. The Kier molecular flexibility index (Phi) is 5.55. The minimum absolute atomic E-state index is 0.0719. The van der Waals surface area contributed by atoms with Crippen molar-refractivity contribution in [1.29, 1.82) is 0 Å². The molecule has 1 aliphatic rings. The Morgan fingerprint density at radius 3 is 2.94 bits per heavy atom. The average Bonchev–Trinajstić information content (AvgIpc) is 2.29. The molecular formula is C10H17ClN2O3. The third kappa shape index (κ3) is 3.98. The van der Waals surface area contributed by atoms with Crippen LogP contribution < -0.4 is 5.32 Å². The second kappa shape index (κ2) is 6.70. The number of halogens is 1. The van der Waals surface area contributed by atoms with Gasteiger partial charge in [-0.25, -0.2) is 4.79 Å². The van der Waals surface area contributed by atoms with Crippen LogP contribution in [-0.2, 0) is 9.53 Å². The summed E-state index contributed by atoms with van der Waals surface area (Å²) in [6.45, 7) is 3.59. The summed E-state index contributed by atoms with van der Waals surface area (Å²) in [6.07, 6.45) is 1.09. The number of nitrogens with zero attached hydrogens (tertiary/aromatic N) is 1. The molecule has 6 heteroatoms. The molecule has 1 atom stereocenters. The summed E-state index contributed by atoms with van der Waals surface area (Å²) < 4.78 is 5.43. The number of ether oxygens (including phenoxy) is 1. The molecule has 1 heterocycles. The maximum Gasteiger partial charge on any atom is 0.324 e. The van der Waals surface area contributed by atoms with E-state index in [0.29, 0.717) is 19.7 Å². The van der Waals surface area contributed by atoms with Gasteiger partial charge in [0.15, 0.2) is 0 Å². The summed E-state index contributed by atoms with van der Waals surface area (Å²) in [5.74, 6) is -0.112. The van der Waals surface area contributed by atoms with Crippen molar-refractivity contribution in [3.05, 3.63) is 0 Å². The van der Waals surface area contributed by atoms with Crippen LogP contribution in [0.15, 0.2) is 0 Å². The largest absolute Gasteiger partial charge is 0.375 e. The lowest BCUT2D eigenvalue weighted by molar-refractivity contribution is -0.120. The number of nitrogens with one attached hydrogen (secondary N) is 1. The van der Waals surface area contributed by atoms with Gasteiger partial charge in [-0.05, 0) is 6.42 Å². The Hall–Kier alpha value is -0.810. The van der Waals surface area contributed by atoms with Crippen LogP contribution in [0.1, 0.15) is 19.8 Å². The van der Waals surface area contributed by atoms with Crippen molar-refractivity contribution < 1.29 is 14.3 Å². The van der Waals surface area contributed by atoms with Gasteiger partial charge in [0.05, 0.1) is 12.7 Å². The second-order valence-corrected chi connectivity index (χ2v) is 4.02. The molecule has 0 aromatic carbocycles. The van der Waals surface area contributed by atoms with E-state index < -0.39 is 0 Å². The number of hydrogen-bond acceptors (Lipinski definition) is 3. The minimum Gasteiger partial charge on any atom is -0.375 e. The Morgan fingerprint density at radius 1 is 1.56 bits per heavy atom. The zero-order valence-electron chi connectivity index (χ0n) is 9.37. The molecule has 0 spiro atoms. The van der Waals surface area contributed by atoms with Crippen LogP contribution in [0, 0.1) is 0 Å². The fraction of sp³-hybridized carbons (Fsp3) is 0.800. The first-order valence-corrected chi connectivity index (χ1v) is 5.97. The average molecular weight is 249 g/mol. The summed E-state index contributed by atoms with van der Waals surface area (Å²) in [6, 6.07) is -0.350. The molecule has 16 heavy (non-hydrogen) atoms. The molecule has 5 nitrogen and oxygen atoms in total. The van der Waals surface area contributed by atoms with Crippen LogP contribution in [0.5, 0.6) is 0 Å². The first-order chi connectivity index (χ1) is 7.67. The summed E-state index contributed by atoms with van der Waals surface area (Å²) in [5, 5.41) is 2.30. The third-order valence-electron chi connectivity index (χ3n) is 2.45. The molecule has 1 aliphatic heterocycles. The molecule has 1 rings (SSSR count). The topological polar surface area (TPSA) is 58.6 Å². The Labute approximate surface area is 100 Å². The standard InChI is InChI=1S/C10H17ClN2O3/c1-2-8-7-13(5-6-16-8)10(15)12-9(14)3-4-11/h8H,2-7H2,1H3,(H,12,14,15). The van der Waals surface area contributed by atoms with Gasteiger partial charge < -0.3 is 9.64 Å². The highest BCUT2D eigenvalue weighted by molar-refractivity contribution is 6.19. The van der Waals surface area contributed by atoms with Gasteiger partial charge in [0.25, 0.3) is 0 Å². The molecule has 0 radical (unpaired) electrons. The number of imide groups is 1. The van der Waals surface area contributed by atoms with Gasteiger partial charge in [0, 0.05) is 25.4 Å². The first-order valence-electron chi connectivity index (χ1n) is 5.43. The minimum atomic E-state index is -0.350. The predicted octanol–water partition coefficient (Wildman–Crippen LogP) is 0.962. The van der Waals surface area contributed by atoms with Crippen molar-refractivity contribution in [2.45, 2.75) is 25.9 Å². The van der Waals surface area contributed by atoms with E-state index in [1.165, 1.54) is 0 Å². The Balaban J connectivity index is 2.38. The molecule has 0 aliphatic carbocycles. The van der Waals surface area contributed by atoms with Gasteiger partial charge in [0.2, 0.25) is 5.91 Å². The molecule has 3 amide bonds. The molecule has 0 aromatic heterocycles. The molecular weight excluding hydrogens is 232 g/mol. The first kappa shape index (κ1) is 13.3. The van der Waals surface area contributed by atoms with Gasteiger partial charge in [-0.2, -0.15) is 0 Å². The van der Waals surface area contributed by atoms with Gasteiger partial charge in [0.1, 0.15) is 0 Å². The number of amides is 3. The SMILES string of the molecule is CCC1CN(C(=O)NC(=O)CCCl)CCO1. The highest BCUT2D eigenvalue weighted by atomic mass is 35.5. The molecule has 1 unspecified atom stereocenters. The number of rotatable bonds is 3. The van der Waals surface area contributed by atoms with Crippen molar-refractivity contribution in [2.24, 2.45) is 0 Å². The van der Waals surface area contributed by atoms with E-state index in [4.69, 9.17) is 16.3 Å². The lowest BCUT2D eigenvalue weighted by Crippen LogP contribution is -2.50. The van der Waals surface area contributed by atoms with E-state index in [2.05, 4.69) is 5.32 Å². The number of urea groups is 1. The Morgan fingerprint density at radius 2 is 2.31 bits per heavy atom. The Bertz CT molecular complexity index is 260. The lowest BCUT2D eigenvalue weighted by atomic mass is 10.2. The van der Waals surface area contributed by atoms with Crippen molar-refractivity contribution in [3.63, 3.8) is 0 Å². The highest BCUT2D eigenvalue weighted by Crippen LogP contribution is 2.08. The van der Waals surface area contributed by atoms with Gasteiger partial charge in [-0.3, -0.25) is 10.1 Å². The van der Waals surface area contributed by atoms with Crippen LogP contribution in [0.25, 0.3) is 0 Å².